The summed E-state index contributed by atoms with van der Waals surface area (Å²) < 4.78 is 0. The quantitative estimate of drug-likeness (QED) is 0.757. The Balaban J connectivity index is 2.91. The Morgan fingerprint density at radius 1 is 1.44 bits per heavy atom. The second-order valence-electron chi connectivity index (χ2n) is 4.09. The molecule has 0 unspecified atom stereocenters. The highest BCUT2D eigenvalue weighted by molar-refractivity contribution is 7.80. The first kappa shape index (κ1) is 15.2. The van der Waals surface area contributed by atoms with Gasteiger partial charge in [-0.15, -0.1) is 0 Å². The van der Waals surface area contributed by atoms with E-state index in [0.29, 0.717) is 22.1 Å². The van der Waals surface area contributed by atoms with E-state index in [1.54, 1.807) is 0 Å². The summed E-state index contributed by atoms with van der Waals surface area (Å²) >= 11 is 11.1. The summed E-state index contributed by atoms with van der Waals surface area (Å²) in [6, 6.07) is 5.61. The molecule has 0 heterocycles. The maximum Gasteiger partial charge on any atom is 0.105 e. The Morgan fingerprint density at radius 3 is 2.67 bits per heavy atom. The zero-order valence-corrected chi connectivity index (χ0v) is 12.1. The molecule has 0 aliphatic carbocycles. The average Bonchev–Trinajstić information content (AvgIpc) is 2.33. The zero-order valence-electron chi connectivity index (χ0n) is 10.5. The van der Waals surface area contributed by atoms with E-state index < -0.39 is 0 Å². The van der Waals surface area contributed by atoms with Gasteiger partial charge < -0.3 is 15.7 Å². The van der Waals surface area contributed by atoms with Crippen LogP contribution in [-0.2, 0) is 0 Å². The normalized spacial score (nSPS) is 10.4. The Kier molecular flexibility index (Phi) is 6.39. The van der Waals surface area contributed by atoms with Crippen LogP contribution in [0.1, 0.15) is 25.3 Å². The average molecular weight is 287 g/mol. The lowest BCUT2D eigenvalue weighted by Gasteiger charge is -2.24. The van der Waals surface area contributed by atoms with Crippen molar-refractivity contribution in [3.8, 4) is 0 Å². The van der Waals surface area contributed by atoms with Crippen molar-refractivity contribution in [1.29, 1.82) is 0 Å². The number of benzene rings is 1. The molecular formula is C13H19ClN2OS. The summed E-state index contributed by atoms with van der Waals surface area (Å²) in [7, 11) is 0. The molecule has 3 N–H and O–H groups in total. The van der Waals surface area contributed by atoms with Crippen LogP contribution in [0.25, 0.3) is 0 Å². The number of nitrogens with two attached hydrogens (primary N) is 1. The van der Waals surface area contributed by atoms with Gasteiger partial charge in [-0.05, 0) is 24.6 Å². The molecule has 1 aromatic rings. The predicted octanol–water partition coefficient (Wildman–Crippen LogP) is 2.57. The molecule has 0 aliphatic rings. The smallest absolute Gasteiger partial charge is 0.105 e. The largest absolute Gasteiger partial charge is 0.395 e. The van der Waals surface area contributed by atoms with Crippen LogP contribution in [0.4, 0.5) is 5.69 Å². The van der Waals surface area contributed by atoms with Gasteiger partial charge in [0.1, 0.15) is 4.99 Å². The van der Waals surface area contributed by atoms with Crippen LogP contribution >= 0.6 is 23.8 Å². The SMILES string of the molecule is CCCCN(CCO)c1ccc(C(N)=S)c(Cl)c1. The molecule has 0 atom stereocenters. The van der Waals surface area contributed by atoms with E-state index in [1.807, 2.05) is 18.2 Å². The minimum Gasteiger partial charge on any atom is -0.395 e. The van der Waals surface area contributed by atoms with Crippen molar-refractivity contribution in [1.82, 2.24) is 0 Å². The minimum atomic E-state index is 0.123. The van der Waals surface area contributed by atoms with Gasteiger partial charge >= 0.3 is 0 Å². The van der Waals surface area contributed by atoms with Gasteiger partial charge in [-0.1, -0.05) is 37.2 Å². The lowest BCUT2D eigenvalue weighted by molar-refractivity contribution is 0.301. The van der Waals surface area contributed by atoms with Crippen LogP contribution in [0.3, 0.4) is 0 Å². The summed E-state index contributed by atoms with van der Waals surface area (Å²) in [6.45, 7) is 3.76. The molecule has 3 nitrogen and oxygen atoms in total. The molecule has 0 fully saturated rings. The van der Waals surface area contributed by atoms with E-state index in [2.05, 4.69) is 11.8 Å². The Labute approximate surface area is 119 Å². The van der Waals surface area contributed by atoms with Gasteiger partial charge in [-0.3, -0.25) is 0 Å². The third-order valence-corrected chi connectivity index (χ3v) is 3.27. The van der Waals surface area contributed by atoms with Crippen molar-refractivity contribution in [2.24, 2.45) is 5.73 Å². The van der Waals surface area contributed by atoms with Crippen LogP contribution in [-0.4, -0.2) is 29.8 Å². The Morgan fingerprint density at radius 2 is 2.17 bits per heavy atom. The van der Waals surface area contributed by atoms with Crippen molar-refractivity contribution in [3.05, 3.63) is 28.8 Å². The summed E-state index contributed by atoms with van der Waals surface area (Å²) in [6.07, 6.45) is 2.19. The predicted molar refractivity (Wildman–Crippen MR) is 81.5 cm³/mol. The molecule has 0 aromatic heterocycles. The van der Waals surface area contributed by atoms with Crippen molar-refractivity contribution in [2.75, 3.05) is 24.6 Å². The van der Waals surface area contributed by atoms with Crippen molar-refractivity contribution >= 4 is 34.5 Å². The van der Waals surface area contributed by atoms with E-state index in [0.717, 1.165) is 25.1 Å². The maximum atomic E-state index is 9.09. The van der Waals surface area contributed by atoms with Crippen molar-refractivity contribution in [3.63, 3.8) is 0 Å². The van der Waals surface area contributed by atoms with E-state index >= 15 is 0 Å². The van der Waals surface area contributed by atoms with Crippen molar-refractivity contribution in [2.45, 2.75) is 19.8 Å². The first-order valence-electron chi connectivity index (χ1n) is 6.05. The number of nitrogens with zero attached hydrogens (tertiary/aromatic N) is 1. The van der Waals surface area contributed by atoms with E-state index in [-0.39, 0.29) is 6.61 Å². The van der Waals surface area contributed by atoms with Gasteiger partial charge in [0.25, 0.3) is 0 Å². The van der Waals surface area contributed by atoms with Gasteiger partial charge in [-0.25, -0.2) is 0 Å². The van der Waals surface area contributed by atoms with Gasteiger partial charge in [0.2, 0.25) is 0 Å². The second kappa shape index (κ2) is 7.56. The number of halogens is 1. The Hall–Kier alpha value is -0.840. The second-order valence-corrected chi connectivity index (χ2v) is 4.94. The van der Waals surface area contributed by atoms with Crippen LogP contribution in [0.15, 0.2) is 18.2 Å². The third kappa shape index (κ3) is 4.12. The number of rotatable bonds is 7. The summed E-state index contributed by atoms with van der Waals surface area (Å²) in [4.78, 5) is 2.41. The maximum absolute atomic E-state index is 9.09. The fraction of sp³-hybridized carbons (Fsp3) is 0.462. The molecule has 0 saturated carbocycles. The molecule has 0 aliphatic heterocycles. The van der Waals surface area contributed by atoms with E-state index in [4.69, 9.17) is 34.7 Å². The molecule has 0 amide bonds. The highest BCUT2D eigenvalue weighted by Crippen LogP contribution is 2.24. The van der Waals surface area contributed by atoms with Crippen LogP contribution in [0.5, 0.6) is 0 Å². The Bertz CT molecular complexity index is 412. The molecular weight excluding hydrogens is 268 g/mol. The summed E-state index contributed by atoms with van der Waals surface area (Å²) in [5.41, 5.74) is 7.25. The number of hydrogen-bond donors (Lipinski definition) is 2. The molecule has 5 heteroatoms. The number of hydrogen-bond acceptors (Lipinski definition) is 3. The lowest BCUT2D eigenvalue weighted by atomic mass is 10.2. The molecule has 1 rings (SSSR count). The van der Waals surface area contributed by atoms with Crippen molar-refractivity contribution < 1.29 is 5.11 Å². The fourth-order valence-electron chi connectivity index (χ4n) is 1.74. The van der Waals surface area contributed by atoms with Gasteiger partial charge in [0.05, 0.1) is 11.6 Å². The summed E-state index contributed by atoms with van der Waals surface area (Å²) in [5.74, 6) is 0. The standard InChI is InChI=1S/C13H19ClN2OS/c1-2-3-6-16(7-8-17)10-4-5-11(13(15)18)12(14)9-10/h4-5,9,17H,2-3,6-8H2,1H3,(H2,15,18). The molecule has 0 radical (unpaired) electrons. The molecule has 0 spiro atoms. The first-order valence-corrected chi connectivity index (χ1v) is 6.84. The highest BCUT2D eigenvalue weighted by atomic mass is 35.5. The molecule has 1 aromatic carbocycles. The van der Waals surface area contributed by atoms with E-state index in [1.165, 1.54) is 0 Å². The zero-order chi connectivity index (χ0) is 13.5. The number of thiocarbonyl (C=S) groups is 1. The highest BCUT2D eigenvalue weighted by Gasteiger charge is 2.09. The van der Waals surface area contributed by atoms with E-state index in [9.17, 15) is 0 Å². The van der Waals surface area contributed by atoms with Crippen LogP contribution < -0.4 is 10.6 Å². The summed E-state index contributed by atoms with van der Waals surface area (Å²) in [5, 5.41) is 9.65. The number of anilines is 1. The number of unbranched alkanes of at least 4 members (excludes halogenated alkanes) is 1. The molecule has 0 bridgehead atoms. The monoisotopic (exact) mass is 286 g/mol. The number of aliphatic hydroxyl groups excluding tert-OH is 1. The minimum absolute atomic E-state index is 0.123. The van der Waals surface area contributed by atoms with Gasteiger partial charge in [-0.2, -0.15) is 0 Å². The molecule has 18 heavy (non-hydrogen) atoms. The van der Waals surface area contributed by atoms with Gasteiger partial charge in [0.15, 0.2) is 0 Å². The third-order valence-electron chi connectivity index (χ3n) is 2.73. The number of aliphatic hydroxyl groups is 1. The topological polar surface area (TPSA) is 49.5 Å². The van der Waals surface area contributed by atoms with Crippen LogP contribution in [0, 0.1) is 0 Å². The first-order chi connectivity index (χ1) is 8.60. The lowest BCUT2D eigenvalue weighted by Crippen LogP contribution is -2.27. The van der Waals surface area contributed by atoms with Crippen LogP contribution in [0.2, 0.25) is 5.02 Å². The molecule has 0 saturated heterocycles. The fourth-order valence-corrected chi connectivity index (χ4v) is 2.25. The molecule has 100 valence electrons. The van der Waals surface area contributed by atoms with Gasteiger partial charge in [0, 0.05) is 24.3 Å².